The van der Waals surface area contributed by atoms with Crippen molar-refractivity contribution in [3.05, 3.63) is 90.0 Å². The molecule has 0 aliphatic rings. The first kappa shape index (κ1) is 17.6. The highest BCUT2D eigenvalue weighted by Gasteiger charge is 2.13. The van der Waals surface area contributed by atoms with E-state index in [0.717, 1.165) is 44.5 Å². The fourth-order valence-corrected chi connectivity index (χ4v) is 3.46. The monoisotopic (exact) mass is 391 g/mol. The summed E-state index contributed by atoms with van der Waals surface area (Å²) in [5.41, 5.74) is 4.79. The van der Waals surface area contributed by atoms with E-state index in [9.17, 15) is 0 Å². The van der Waals surface area contributed by atoms with Crippen molar-refractivity contribution in [3.63, 3.8) is 0 Å². The Morgan fingerprint density at radius 3 is 2.37 bits per heavy atom. The zero-order valence-electron chi connectivity index (χ0n) is 14.2. The molecular weight excluding hydrogens is 377 g/mol. The van der Waals surface area contributed by atoms with Gasteiger partial charge in [-0.25, -0.2) is 4.98 Å². The fourth-order valence-electron chi connectivity index (χ4n) is 3.29. The second-order valence-corrected chi connectivity index (χ2v) is 6.67. The van der Waals surface area contributed by atoms with Crippen LogP contribution in [0.2, 0.25) is 5.02 Å². The molecule has 0 saturated heterocycles. The van der Waals surface area contributed by atoms with E-state index in [-0.39, 0.29) is 12.4 Å². The molecular formula is C23H15Cl2NO. The van der Waals surface area contributed by atoms with Crippen LogP contribution in [0.5, 0.6) is 0 Å². The molecule has 2 heterocycles. The fraction of sp³-hybridized carbons (Fsp3) is 0. The van der Waals surface area contributed by atoms with Crippen LogP contribution in [-0.4, -0.2) is 4.98 Å². The van der Waals surface area contributed by atoms with Crippen LogP contribution in [0.1, 0.15) is 0 Å². The number of benzene rings is 3. The smallest absolute Gasteiger partial charge is 0.153 e. The molecule has 0 atom stereocenters. The normalized spacial score (nSPS) is 10.9. The largest absolute Gasteiger partial charge is 0.454 e. The van der Waals surface area contributed by atoms with Crippen molar-refractivity contribution < 1.29 is 4.42 Å². The van der Waals surface area contributed by atoms with Crippen LogP contribution in [0.4, 0.5) is 0 Å². The molecule has 132 valence electrons. The van der Waals surface area contributed by atoms with E-state index < -0.39 is 0 Å². The second kappa shape index (κ2) is 7.07. The molecule has 3 aromatic carbocycles. The van der Waals surface area contributed by atoms with Crippen LogP contribution >= 0.6 is 24.0 Å². The standard InChI is InChI=1S/C23H14ClNO.ClH/c24-17-10-11-20-19(13-17)18(15-6-2-1-3-7-15)14-21(25-20)23-12-16-8-4-5-9-22(16)26-23;/h1-14H;1H. The molecule has 0 aliphatic carbocycles. The van der Waals surface area contributed by atoms with Crippen molar-refractivity contribution in [3.8, 4) is 22.6 Å². The van der Waals surface area contributed by atoms with Gasteiger partial charge in [0, 0.05) is 15.8 Å². The molecule has 4 heteroatoms. The zero-order chi connectivity index (χ0) is 17.5. The maximum absolute atomic E-state index is 6.24. The Hall–Kier alpha value is -2.81. The number of halogens is 2. The molecule has 5 aromatic rings. The molecule has 0 aliphatic heterocycles. The maximum atomic E-state index is 6.24. The van der Waals surface area contributed by atoms with Gasteiger partial charge in [-0.1, -0.05) is 60.1 Å². The lowest BCUT2D eigenvalue weighted by Gasteiger charge is -2.09. The molecule has 2 aromatic heterocycles. The molecule has 27 heavy (non-hydrogen) atoms. The zero-order valence-corrected chi connectivity index (χ0v) is 15.8. The Morgan fingerprint density at radius 1 is 0.778 bits per heavy atom. The summed E-state index contributed by atoms with van der Waals surface area (Å²) in [6.45, 7) is 0. The number of hydrogen-bond acceptors (Lipinski definition) is 2. The summed E-state index contributed by atoms with van der Waals surface area (Å²) in [6.07, 6.45) is 0. The predicted molar refractivity (Wildman–Crippen MR) is 115 cm³/mol. The van der Waals surface area contributed by atoms with Gasteiger partial charge >= 0.3 is 0 Å². The minimum Gasteiger partial charge on any atom is -0.454 e. The Labute approximate surface area is 167 Å². The first-order valence-electron chi connectivity index (χ1n) is 8.43. The summed E-state index contributed by atoms with van der Waals surface area (Å²) < 4.78 is 6.03. The van der Waals surface area contributed by atoms with Gasteiger partial charge in [0.05, 0.1) is 5.52 Å². The Kier molecular flexibility index (Phi) is 4.61. The quantitative estimate of drug-likeness (QED) is 0.313. The molecule has 0 amide bonds. The van der Waals surface area contributed by atoms with Crippen molar-refractivity contribution >= 4 is 45.9 Å². The molecule has 0 radical (unpaired) electrons. The highest BCUT2D eigenvalue weighted by atomic mass is 35.5. The molecule has 0 bridgehead atoms. The number of pyridine rings is 1. The van der Waals surface area contributed by atoms with Gasteiger partial charge in [0.15, 0.2) is 5.76 Å². The molecule has 5 rings (SSSR count). The van der Waals surface area contributed by atoms with Gasteiger partial charge in [-0.3, -0.25) is 0 Å². The molecule has 0 N–H and O–H groups in total. The second-order valence-electron chi connectivity index (χ2n) is 6.23. The lowest BCUT2D eigenvalue weighted by atomic mass is 9.99. The van der Waals surface area contributed by atoms with Gasteiger partial charge in [0.1, 0.15) is 11.3 Å². The van der Waals surface area contributed by atoms with Crippen LogP contribution in [0, 0.1) is 0 Å². The molecule has 0 spiro atoms. The number of hydrogen-bond donors (Lipinski definition) is 0. The molecule has 0 fully saturated rings. The topological polar surface area (TPSA) is 26.0 Å². The minimum atomic E-state index is 0. The highest BCUT2D eigenvalue weighted by molar-refractivity contribution is 6.31. The Bertz CT molecular complexity index is 1210. The third-order valence-electron chi connectivity index (χ3n) is 4.53. The van der Waals surface area contributed by atoms with Gasteiger partial charge in [0.2, 0.25) is 0 Å². The van der Waals surface area contributed by atoms with Crippen molar-refractivity contribution in [1.82, 2.24) is 4.98 Å². The third-order valence-corrected chi connectivity index (χ3v) is 4.77. The van der Waals surface area contributed by atoms with Gasteiger partial charge in [-0.2, -0.15) is 0 Å². The van der Waals surface area contributed by atoms with Crippen LogP contribution in [0.15, 0.2) is 89.3 Å². The first-order valence-corrected chi connectivity index (χ1v) is 8.80. The van der Waals surface area contributed by atoms with Crippen LogP contribution < -0.4 is 0 Å². The lowest BCUT2D eigenvalue weighted by Crippen LogP contribution is -1.89. The van der Waals surface area contributed by atoms with Gasteiger partial charge < -0.3 is 4.42 Å². The van der Waals surface area contributed by atoms with Crippen LogP contribution in [0.25, 0.3) is 44.5 Å². The number of para-hydroxylation sites is 1. The number of nitrogens with zero attached hydrogens (tertiary/aromatic N) is 1. The minimum absolute atomic E-state index is 0. The van der Waals surface area contributed by atoms with E-state index in [0.29, 0.717) is 5.02 Å². The summed E-state index contributed by atoms with van der Waals surface area (Å²) in [6, 6.07) is 28.2. The number of fused-ring (bicyclic) bond motifs is 2. The maximum Gasteiger partial charge on any atom is 0.153 e. The van der Waals surface area contributed by atoms with Crippen LogP contribution in [-0.2, 0) is 0 Å². The van der Waals surface area contributed by atoms with E-state index in [1.54, 1.807) is 0 Å². The van der Waals surface area contributed by atoms with Crippen molar-refractivity contribution in [1.29, 1.82) is 0 Å². The predicted octanol–water partition coefficient (Wildman–Crippen LogP) is 7.39. The van der Waals surface area contributed by atoms with Gasteiger partial charge in [-0.15, -0.1) is 12.4 Å². The summed E-state index contributed by atoms with van der Waals surface area (Å²) in [4.78, 5) is 4.82. The van der Waals surface area contributed by atoms with E-state index in [4.69, 9.17) is 21.0 Å². The average molecular weight is 392 g/mol. The Morgan fingerprint density at radius 2 is 1.56 bits per heavy atom. The molecule has 0 saturated carbocycles. The van der Waals surface area contributed by atoms with Crippen molar-refractivity contribution in [2.45, 2.75) is 0 Å². The lowest BCUT2D eigenvalue weighted by molar-refractivity contribution is 0.629. The molecule has 2 nitrogen and oxygen atoms in total. The summed E-state index contributed by atoms with van der Waals surface area (Å²) >= 11 is 6.24. The third kappa shape index (κ3) is 3.18. The van der Waals surface area contributed by atoms with Gasteiger partial charge in [-0.05, 0) is 47.5 Å². The number of aromatic nitrogens is 1. The summed E-state index contributed by atoms with van der Waals surface area (Å²) in [7, 11) is 0. The van der Waals surface area contributed by atoms with E-state index >= 15 is 0 Å². The van der Waals surface area contributed by atoms with E-state index in [1.165, 1.54) is 0 Å². The number of rotatable bonds is 2. The van der Waals surface area contributed by atoms with Crippen molar-refractivity contribution in [2.24, 2.45) is 0 Å². The summed E-state index contributed by atoms with van der Waals surface area (Å²) in [5.74, 6) is 0.764. The van der Waals surface area contributed by atoms with E-state index in [1.807, 2.05) is 66.7 Å². The summed E-state index contributed by atoms with van der Waals surface area (Å²) in [5, 5.41) is 2.80. The SMILES string of the molecule is Cl.Clc1ccc2nc(-c3cc4ccccc4o3)cc(-c3ccccc3)c2c1. The Balaban J connectivity index is 0.00000180. The van der Waals surface area contributed by atoms with Crippen molar-refractivity contribution in [2.75, 3.05) is 0 Å². The average Bonchev–Trinajstić information content (AvgIpc) is 3.12. The highest BCUT2D eigenvalue weighted by Crippen LogP contribution is 2.35. The molecule has 0 unspecified atom stereocenters. The first-order chi connectivity index (χ1) is 12.8. The van der Waals surface area contributed by atoms with E-state index in [2.05, 4.69) is 18.2 Å². The van der Waals surface area contributed by atoms with Crippen LogP contribution in [0.3, 0.4) is 0 Å². The number of furan rings is 1. The van der Waals surface area contributed by atoms with Gasteiger partial charge in [0.25, 0.3) is 0 Å².